The molecule has 0 heterocycles. The molecule has 3 rings (SSSR count). The van der Waals surface area contributed by atoms with E-state index in [1.807, 2.05) is 31.2 Å². The fourth-order valence-corrected chi connectivity index (χ4v) is 3.57. The molecule has 2 aromatic carbocycles. The van der Waals surface area contributed by atoms with Gasteiger partial charge < -0.3 is 10.6 Å². The lowest BCUT2D eigenvalue weighted by molar-refractivity contribution is -0.128. The zero-order valence-corrected chi connectivity index (χ0v) is 15.8. The smallest absolute Gasteiger partial charge is 0.227 e. The minimum Gasteiger partial charge on any atom is -0.352 e. The van der Waals surface area contributed by atoms with Crippen LogP contribution in [0.1, 0.15) is 36.8 Å². The van der Waals surface area contributed by atoms with Gasteiger partial charge in [0, 0.05) is 30.1 Å². The normalized spacial score (nSPS) is 19.1. The number of rotatable bonds is 5. The second-order valence-electron chi connectivity index (χ2n) is 7.31. The van der Waals surface area contributed by atoms with Crippen LogP contribution in [0.25, 0.3) is 0 Å². The molecule has 0 aliphatic heterocycles. The highest BCUT2D eigenvalue weighted by Gasteiger charge is 2.30. The van der Waals surface area contributed by atoms with Gasteiger partial charge in [0.15, 0.2) is 11.6 Å². The third kappa shape index (κ3) is 4.94. The summed E-state index contributed by atoms with van der Waals surface area (Å²) in [6.07, 6.45) is 2.46. The van der Waals surface area contributed by atoms with Gasteiger partial charge in [-0.15, -0.1) is 0 Å². The SMILES string of the molecule is Cc1ccccc1CNC(=O)C1CCC(C(=O)Nc2ccc(F)c(F)c2)CC1. The van der Waals surface area contributed by atoms with Gasteiger partial charge in [0.1, 0.15) is 0 Å². The number of halogens is 2. The molecular formula is C22H24F2N2O2. The second kappa shape index (κ2) is 8.95. The number of anilines is 1. The predicted molar refractivity (Wildman–Crippen MR) is 103 cm³/mol. The molecule has 0 radical (unpaired) electrons. The molecule has 2 amide bonds. The Bertz CT molecular complexity index is 861. The molecule has 28 heavy (non-hydrogen) atoms. The number of carbonyl (C=O) groups excluding carboxylic acids is 2. The molecule has 0 saturated heterocycles. The van der Waals surface area contributed by atoms with E-state index in [9.17, 15) is 18.4 Å². The van der Waals surface area contributed by atoms with Crippen LogP contribution < -0.4 is 10.6 Å². The van der Waals surface area contributed by atoms with Crippen molar-refractivity contribution >= 4 is 17.5 Å². The second-order valence-corrected chi connectivity index (χ2v) is 7.31. The highest BCUT2D eigenvalue weighted by Crippen LogP contribution is 2.30. The molecule has 1 aliphatic rings. The van der Waals surface area contributed by atoms with E-state index in [-0.39, 0.29) is 29.3 Å². The average molecular weight is 386 g/mol. The van der Waals surface area contributed by atoms with Crippen molar-refractivity contribution in [1.82, 2.24) is 5.32 Å². The van der Waals surface area contributed by atoms with Crippen molar-refractivity contribution in [2.24, 2.45) is 11.8 Å². The molecule has 1 aliphatic carbocycles. The van der Waals surface area contributed by atoms with Crippen LogP contribution in [-0.2, 0) is 16.1 Å². The Labute approximate surface area is 163 Å². The maximum absolute atomic E-state index is 13.3. The Morgan fingerprint density at radius 3 is 2.21 bits per heavy atom. The largest absolute Gasteiger partial charge is 0.352 e. The van der Waals surface area contributed by atoms with Gasteiger partial charge in [-0.25, -0.2) is 8.78 Å². The van der Waals surface area contributed by atoms with Crippen molar-refractivity contribution in [3.63, 3.8) is 0 Å². The van der Waals surface area contributed by atoms with Crippen molar-refractivity contribution in [2.75, 3.05) is 5.32 Å². The molecular weight excluding hydrogens is 362 g/mol. The molecule has 0 bridgehead atoms. The molecule has 2 aromatic rings. The van der Waals surface area contributed by atoms with E-state index in [4.69, 9.17) is 0 Å². The van der Waals surface area contributed by atoms with Gasteiger partial charge in [-0.05, 0) is 55.9 Å². The minimum atomic E-state index is -0.994. The van der Waals surface area contributed by atoms with E-state index in [1.54, 1.807) is 0 Å². The molecule has 2 N–H and O–H groups in total. The molecule has 148 valence electrons. The van der Waals surface area contributed by atoms with Gasteiger partial charge in [-0.3, -0.25) is 9.59 Å². The highest BCUT2D eigenvalue weighted by atomic mass is 19.2. The van der Waals surface area contributed by atoms with E-state index >= 15 is 0 Å². The van der Waals surface area contributed by atoms with Crippen molar-refractivity contribution in [2.45, 2.75) is 39.2 Å². The Hall–Kier alpha value is -2.76. The Morgan fingerprint density at radius 2 is 1.57 bits per heavy atom. The molecule has 0 atom stereocenters. The molecule has 0 spiro atoms. The number of hydrogen-bond acceptors (Lipinski definition) is 2. The fraction of sp³-hybridized carbons (Fsp3) is 0.364. The van der Waals surface area contributed by atoms with Gasteiger partial charge in [-0.1, -0.05) is 24.3 Å². The molecule has 0 unspecified atom stereocenters. The van der Waals surface area contributed by atoms with Crippen molar-refractivity contribution in [3.8, 4) is 0 Å². The summed E-state index contributed by atoms with van der Waals surface area (Å²) in [4.78, 5) is 24.8. The molecule has 6 heteroatoms. The molecule has 4 nitrogen and oxygen atoms in total. The summed E-state index contributed by atoms with van der Waals surface area (Å²) in [5.41, 5.74) is 2.47. The van der Waals surface area contributed by atoms with E-state index < -0.39 is 11.6 Å². The third-order valence-corrected chi connectivity index (χ3v) is 5.37. The van der Waals surface area contributed by atoms with E-state index in [2.05, 4.69) is 10.6 Å². The van der Waals surface area contributed by atoms with Gasteiger partial charge in [0.25, 0.3) is 0 Å². The Kier molecular flexibility index (Phi) is 6.39. The quantitative estimate of drug-likeness (QED) is 0.803. The summed E-state index contributed by atoms with van der Waals surface area (Å²) >= 11 is 0. The lowest BCUT2D eigenvalue weighted by Gasteiger charge is -2.27. The van der Waals surface area contributed by atoms with Gasteiger partial charge in [0.05, 0.1) is 0 Å². The van der Waals surface area contributed by atoms with Crippen LogP contribution in [0, 0.1) is 30.4 Å². The first-order valence-corrected chi connectivity index (χ1v) is 9.52. The van der Waals surface area contributed by atoms with Crippen molar-refractivity contribution in [1.29, 1.82) is 0 Å². The summed E-state index contributed by atoms with van der Waals surface area (Å²) in [7, 11) is 0. The predicted octanol–water partition coefficient (Wildman–Crippen LogP) is 4.33. The fourth-order valence-electron chi connectivity index (χ4n) is 3.57. The van der Waals surface area contributed by atoms with E-state index in [0.717, 1.165) is 23.3 Å². The van der Waals surface area contributed by atoms with Crippen LogP contribution in [-0.4, -0.2) is 11.8 Å². The number of nitrogens with one attached hydrogen (secondary N) is 2. The van der Waals surface area contributed by atoms with Crippen molar-refractivity contribution < 1.29 is 18.4 Å². The van der Waals surface area contributed by atoms with Crippen LogP contribution in [0.2, 0.25) is 0 Å². The number of hydrogen-bond donors (Lipinski definition) is 2. The lowest BCUT2D eigenvalue weighted by Crippen LogP contribution is -2.35. The van der Waals surface area contributed by atoms with Crippen LogP contribution in [0.5, 0.6) is 0 Å². The summed E-state index contributed by atoms with van der Waals surface area (Å²) in [5, 5.41) is 5.62. The average Bonchev–Trinajstić information content (AvgIpc) is 2.70. The standard InChI is InChI=1S/C22H24F2N2O2/c1-14-4-2-3-5-17(14)13-25-21(27)15-6-8-16(9-7-15)22(28)26-18-10-11-19(23)20(24)12-18/h2-5,10-12,15-16H,6-9,13H2,1H3,(H,25,27)(H,26,28). The first-order chi connectivity index (χ1) is 13.4. The third-order valence-electron chi connectivity index (χ3n) is 5.37. The summed E-state index contributed by atoms with van der Waals surface area (Å²) in [6.45, 7) is 2.51. The van der Waals surface area contributed by atoms with Gasteiger partial charge >= 0.3 is 0 Å². The number of aryl methyl sites for hydroxylation is 1. The molecule has 0 aromatic heterocycles. The first kappa shape index (κ1) is 20.0. The number of amides is 2. The maximum atomic E-state index is 13.3. The summed E-state index contributed by atoms with van der Waals surface area (Å²) in [5.74, 6) is -2.47. The van der Waals surface area contributed by atoms with Crippen molar-refractivity contribution in [3.05, 3.63) is 65.2 Å². The monoisotopic (exact) mass is 386 g/mol. The van der Waals surface area contributed by atoms with Crippen LogP contribution in [0.4, 0.5) is 14.5 Å². The number of benzene rings is 2. The lowest BCUT2D eigenvalue weighted by atomic mass is 9.81. The van der Waals surface area contributed by atoms with Crippen LogP contribution >= 0.6 is 0 Å². The zero-order valence-electron chi connectivity index (χ0n) is 15.8. The zero-order chi connectivity index (χ0) is 20.1. The summed E-state index contributed by atoms with van der Waals surface area (Å²) < 4.78 is 26.2. The topological polar surface area (TPSA) is 58.2 Å². The van der Waals surface area contributed by atoms with E-state index in [0.29, 0.717) is 32.2 Å². The highest BCUT2D eigenvalue weighted by molar-refractivity contribution is 5.92. The van der Waals surface area contributed by atoms with Gasteiger partial charge in [0.2, 0.25) is 11.8 Å². The van der Waals surface area contributed by atoms with E-state index in [1.165, 1.54) is 6.07 Å². The number of carbonyl (C=O) groups is 2. The molecule has 1 saturated carbocycles. The summed E-state index contributed by atoms with van der Waals surface area (Å²) in [6, 6.07) is 11.2. The molecule has 1 fully saturated rings. The Balaban J connectivity index is 1.46. The van der Waals surface area contributed by atoms with Gasteiger partial charge in [-0.2, -0.15) is 0 Å². The minimum absolute atomic E-state index is 0.0164. The van der Waals surface area contributed by atoms with Crippen LogP contribution in [0.15, 0.2) is 42.5 Å². The maximum Gasteiger partial charge on any atom is 0.227 e. The first-order valence-electron chi connectivity index (χ1n) is 9.52. The van der Waals surface area contributed by atoms with Crippen LogP contribution in [0.3, 0.4) is 0 Å². The Morgan fingerprint density at radius 1 is 0.929 bits per heavy atom.